The standard InChI is InChI=1S/C17H12N2O5S/c20-15-11-3-2-10(16(21)22)6-12(11)18-17(25)19(15)7-9-1-4-13-14(5-9)24-8-23-13/h1-6H,7-8H2,(H,18,25)(H,21,22). The van der Waals surface area contributed by atoms with Crippen molar-refractivity contribution in [1.29, 1.82) is 0 Å². The van der Waals surface area contributed by atoms with Gasteiger partial charge in [-0.3, -0.25) is 9.36 Å². The van der Waals surface area contributed by atoms with Gasteiger partial charge >= 0.3 is 5.97 Å². The highest BCUT2D eigenvalue weighted by molar-refractivity contribution is 7.71. The third-order valence-electron chi connectivity index (χ3n) is 4.01. The van der Waals surface area contributed by atoms with Crippen molar-refractivity contribution in [3.05, 3.63) is 62.6 Å². The Morgan fingerprint density at radius 1 is 1.20 bits per heavy atom. The molecule has 3 aromatic rings. The van der Waals surface area contributed by atoms with E-state index in [2.05, 4.69) is 4.98 Å². The molecule has 0 spiro atoms. The summed E-state index contributed by atoms with van der Waals surface area (Å²) in [6.07, 6.45) is 0. The van der Waals surface area contributed by atoms with Crippen LogP contribution in [0.2, 0.25) is 0 Å². The van der Waals surface area contributed by atoms with E-state index < -0.39 is 5.97 Å². The summed E-state index contributed by atoms with van der Waals surface area (Å²) in [5.74, 6) is 0.235. The van der Waals surface area contributed by atoms with Crippen LogP contribution in [0.3, 0.4) is 0 Å². The van der Waals surface area contributed by atoms with Crippen LogP contribution in [0, 0.1) is 4.77 Å². The zero-order valence-electron chi connectivity index (χ0n) is 12.8. The number of aromatic amines is 1. The highest BCUT2D eigenvalue weighted by Gasteiger charge is 2.14. The van der Waals surface area contributed by atoms with E-state index in [1.165, 1.54) is 22.8 Å². The first-order valence-corrected chi connectivity index (χ1v) is 7.82. The number of carbonyl (C=O) groups is 1. The van der Waals surface area contributed by atoms with Crippen molar-refractivity contribution >= 4 is 29.1 Å². The van der Waals surface area contributed by atoms with Gasteiger partial charge in [0, 0.05) is 0 Å². The van der Waals surface area contributed by atoms with Crippen LogP contribution in [0.25, 0.3) is 10.9 Å². The van der Waals surface area contributed by atoms with E-state index in [-0.39, 0.29) is 29.2 Å². The quantitative estimate of drug-likeness (QED) is 0.701. The summed E-state index contributed by atoms with van der Waals surface area (Å²) in [6, 6.07) is 9.72. The Bertz CT molecular complexity index is 1130. The summed E-state index contributed by atoms with van der Waals surface area (Å²) in [7, 11) is 0. The summed E-state index contributed by atoms with van der Waals surface area (Å²) in [6.45, 7) is 0.447. The van der Waals surface area contributed by atoms with E-state index in [0.29, 0.717) is 22.4 Å². The number of carboxylic acids is 1. The molecule has 25 heavy (non-hydrogen) atoms. The number of aromatic carboxylic acids is 1. The van der Waals surface area contributed by atoms with Crippen molar-refractivity contribution in [1.82, 2.24) is 9.55 Å². The fraction of sp³-hybridized carbons (Fsp3) is 0.118. The second kappa shape index (κ2) is 5.75. The van der Waals surface area contributed by atoms with Gasteiger partial charge in [0.25, 0.3) is 5.56 Å². The normalized spacial score (nSPS) is 12.5. The van der Waals surface area contributed by atoms with Gasteiger partial charge in [0.05, 0.1) is 23.0 Å². The molecule has 2 N–H and O–H groups in total. The van der Waals surface area contributed by atoms with Gasteiger partial charge in [-0.25, -0.2) is 4.79 Å². The van der Waals surface area contributed by atoms with Gasteiger partial charge in [0.1, 0.15) is 0 Å². The monoisotopic (exact) mass is 356 g/mol. The molecule has 7 nitrogen and oxygen atoms in total. The molecule has 0 saturated carbocycles. The Morgan fingerprint density at radius 2 is 2.00 bits per heavy atom. The zero-order chi connectivity index (χ0) is 17.6. The van der Waals surface area contributed by atoms with Crippen LogP contribution in [-0.4, -0.2) is 27.4 Å². The summed E-state index contributed by atoms with van der Waals surface area (Å²) in [4.78, 5) is 26.7. The van der Waals surface area contributed by atoms with Gasteiger partial charge in [0.15, 0.2) is 16.3 Å². The first kappa shape index (κ1) is 15.4. The Kier molecular flexibility index (Phi) is 3.54. The molecular weight excluding hydrogens is 344 g/mol. The number of hydrogen-bond acceptors (Lipinski definition) is 5. The Balaban J connectivity index is 1.80. The number of hydrogen-bond donors (Lipinski definition) is 2. The molecule has 0 atom stereocenters. The van der Waals surface area contributed by atoms with Crippen LogP contribution < -0.4 is 15.0 Å². The molecule has 1 aliphatic heterocycles. The molecule has 2 aromatic carbocycles. The molecule has 0 radical (unpaired) electrons. The number of H-pyrrole nitrogens is 1. The van der Waals surface area contributed by atoms with Crippen molar-refractivity contribution in [3.63, 3.8) is 0 Å². The van der Waals surface area contributed by atoms with E-state index in [0.717, 1.165) is 5.56 Å². The molecule has 4 rings (SSSR count). The minimum Gasteiger partial charge on any atom is -0.478 e. The molecule has 0 fully saturated rings. The molecule has 0 saturated heterocycles. The number of carboxylic acid groups (broad SMARTS) is 1. The van der Waals surface area contributed by atoms with Crippen molar-refractivity contribution in [2.45, 2.75) is 6.54 Å². The van der Waals surface area contributed by atoms with E-state index in [1.807, 2.05) is 6.07 Å². The third kappa shape index (κ3) is 2.66. The maximum atomic E-state index is 12.7. The third-order valence-corrected chi connectivity index (χ3v) is 4.33. The van der Waals surface area contributed by atoms with Crippen molar-refractivity contribution < 1.29 is 19.4 Å². The molecule has 0 amide bonds. The molecule has 8 heteroatoms. The predicted molar refractivity (Wildman–Crippen MR) is 92.0 cm³/mol. The predicted octanol–water partition coefficient (Wildman–Crippen LogP) is 2.53. The van der Waals surface area contributed by atoms with E-state index >= 15 is 0 Å². The first-order valence-electron chi connectivity index (χ1n) is 7.41. The van der Waals surface area contributed by atoms with Gasteiger partial charge in [-0.15, -0.1) is 0 Å². The molecule has 0 unspecified atom stereocenters. The minimum atomic E-state index is -1.06. The summed E-state index contributed by atoms with van der Waals surface area (Å²) in [5, 5.41) is 9.44. The molecule has 2 heterocycles. The molecular formula is C17H12N2O5S. The lowest BCUT2D eigenvalue weighted by molar-refractivity contribution is 0.0697. The van der Waals surface area contributed by atoms with Crippen molar-refractivity contribution in [2.75, 3.05) is 6.79 Å². The van der Waals surface area contributed by atoms with Gasteiger partial charge in [0.2, 0.25) is 6.79 Å². The topological polar surface area (TPSA) is 93.6 Å². The van der Waals surface area contributed by atoms with Crippen molar-refractivity contribution in [3.8, 4) is 11.5 Å². The van der Waals surface area contributed by atoms with Crippen LogP contribution in [0.4, 0.5) is 0 Å². The number of benzene rings is 2. The second-order valence-corrected chi connectivity index (χ2v) is 5.96. The van der Waals surface area contributed by atoms with E-state index in [4.69, 9.17) is 26.8 Å². The van der Waals surface area contributed by atoms with E-state index in [1.54, 1.807) is 12.1 Å². The lowest BCUT2D eigenvalue weighted by atomic mass is 10.1. The molecule has 0 aliphatic carbocycles. The maximum Gasteiger partial charge on any atom is 0.335 e. The Morgan fingerprint density at radius 3 is 2.80 bits per heavy atom. The van der Waals surface area contributed by atoms with Crippen LogP contribution in [-0.2, 0) is 6.54 Å². The SMILES string of the molecule is O=C(O)c1ccc2c(=O)n(Cc3ccc4c(c3)OCO4)c(=S)[nH]c2c1. The maximum absolute atomic E-state index is 12.7. The summed E-state index contributed by atoms with van der Waals surface area (Å²) >= 11 is 5.28. The number of nitrogens with zero attached hydrogens (tertiary/aromatic N) is 1. The number of nitrogens with one attached hydrogen (secondary N) is 1. The molecule has 1 aliphatic rings. The number of ether oxygens (including phenoxy) is 2. The lowest BCUT2D eigenvalue weighted by Crippen LogP contribution is -2.23. The average molecular weight is 356 g/mol. The molecule has 1 aromatic heterocycles. The van der Waals surface area contributed by atoms with Crippen LogP contribution in [0.5, 0.6) is 11.5 Å². The number of fused-ring (bicyclic) bond motifs is 2. The summed E-state index contributed by atoms with van der Waals surface area (Å²) in [5.41, 5.74) is 1.05. The van der Waals surface area contributed by atoms with E-state index in [9.17, 15) is 9.59 Å². The van der Waals surface area contributed by atoms with Gasteiger partial charge in [-0.1, -0.05) is 6.07 Å². The van der Waals surface area contributed by atoms with Gasteiger partial charge < -0.3 is 19.6 Å². The van der Waals surface area contributed by atoms with Crippen LogP contribution in [0.15, 0.2) is 41.2 Å². The minimum absolute atomic E-state index is 0.0890. The smallest absolute Gasteiger partial charge is 0.335 e. The average Bonchev–Trinajstić information content (AvgIpc) is 3.05. The Hall–Kier alpha value is -3.13. The first-order chi connectivity index (χ1) is 12.0. The fourth-order valence-corrected chi connectivity index (χ4v) is 3.01. The summed E-state index contributed by atoms with van der Waals surface area (Å²) < 4.78 is 12.3. The largest absolute Gasteiger partial charge is 0.478 e. The molecule has 0 bridgehead atoms. The van der Waals surface area contributed by atoms with Gasteiger partial charge in [-0.2, -0.15) is 0 Å². The highest BCUT2D eigenvalue weighted by Crippen LogP contribution is 2.32. The number of rotatable bonds is 3. The fourth-order valence-electron chi connectivity index (χ4n) is 2.75. The van der Waals surface area contributed by atoms with Crippen molar-refractivity contribution in [2.24, 2.45) is 0 Å². The molecule has 126 valence electrons. The Labute approximate surface area is 146 Å². The lowest BCUT2D eigenvalue weighted by Gasteiger charge is -2.09. The highest BCUT2D eigenvalue weighted by atomic mass is 32.1. The van der Waals surface area contributed by atoms with Crippen LogP contribution in [0.1, 0.15) is 15.9 Å². The zero-order valence-corrected chi connectivity index (χ0v) is 13.6. The second-order valence-electron chi connectivity index (χ2n) is 5.57. The van der Waals surface area contributed by atoms with Crippen LogP contribution >= 0.6 is 12.2 Å². The number of aromatic nitrogens is 2. The van der Waals surface area contributed by atoms with Gasteiger partial charge in [-0.05, 0) is 48.1 Å².